The molecule has 0 bridgehead atoms. The van der Waals surface area contributed by atoms with Crippen LogP contribution in [0, 0.1) is 0 Å². The second-order valence-electron chi connectivity index (χ2n) is 4.23. The lowest BCUT2D eigenvalue weighted by atomic mass is 10.2. The molecule has 8 heteroatoms. The van der Waals surface area contributed by atoms with E-state index in [1.165, 1.54) is 11.3 Å². The Kier molecular flexibility index (Phi) is 2.87. The van der Waals surface area contributed by atoms with E-state index in [1.54, 1.807) is 23.1 Å². The first-order valence-corrected chi connectivity index (χ1v) is 7.25. The van der Waals surface area contributed by atoms with Crippen LogP contribution in [0.1, 0.15) is 0 Å². The number of hydrogen-bond donors (Lipinski definition) is 0. The Morgan fingerprint density at radius 1 is 1.14 bits per heavy atom. The van der Waals surface area contributed by atoms with Crippen molar-refractivity contribution in [2.45, 2.75) is 0 Å². The minimum Gasteiger partial charge on any atom is -0.261 e. The molecule has 0 aliphatic rings. The average Bonchev–Trinajstić information content (AvgIpc) is 3.08. The molecule has 3 heterocycles. The van der Waals surface area contributed by atoms with Crippen LogP contribution in [0.25, 0.3) is 27.1 Å². The van der Waals surface area contributed by atoms with Gasteiger partial charge in [-0.05, 0) is 12.1 Å². The maximum Gasteiger partial charge on any atom is 0.235 e. The van der Waals surface area contributed by atoms with Gasteiger partial charge in [0.15, 0.2) is 10.8 Å². The lowest BCUT2D eigenvalue weighted by molar-refractivity contribution is 0.965. The summed E-state index contributed by atoms with van der Waals surface area (Å²) in [6, 6.07) is 7.44. The molecule has 0 saturated heterocycles. The molecule has 0 saturated carbocycles. The van der Waals surface area contributed by atoms with Crippen LogP contribution in [-0.4, -0.2) is 29.8 Å². The van der Waals surface area contributed by atoms with Crippen molar-refractivity contribution in [2.24, 2.45) is 0 Å². The minimum absolute atomic E-state index is 0.647. The zero-order valence-electron chi connectivity index (χ0n) is 10.5. The summed E-state index contributed by atoms with van der Waals surface area (Å²) in [6.07, 6.45) is 4.93. The van der Waals surface area contributed by atoms with E-state index in [0.717, 1.165) is 10.6 Å². The van der Waals surface area contributed by atoms with E-state index in [-0.39, 0.29) is 0 Å². The summed E-state index contributed by atoms with van der Waals surface area (Å²) < 4.78 is 1.69. The van der Waals surface area contributed by atoms with Gasteiger partial charge in [-0.1, -0.05) is 35.1 Å². The van der Waals surface area contributed by atoms with E-state index in [4.69, 9.17) is 11.6 Å². The molecule has 0 amide bonds. The van der Waals surface area contributed by atoms with E-state index >= 15 is 0 Å². The van der Waals surface area contributed by atoms with Crippen molar-refractivity contribution >= 4 is 27.9 Å². The van der Waals surface area contributed by atoms with Crippen molar-refractivity contribution in [1.82, 2.24) is 29.8 Å². The predicted molar refractivity (Wildman–Crippen MR) is 80.1 cm³/mol. The molecule has 0 aliphatic heterocycles. The number of hydrogen-bond acceptors (Lipinski definition) is 6. The molecule has 3 aromatic heterocycles. The Labute approximate surface area is 128 Å². The summed E-state index contributed by atoms with van der Waals surface area (Å²) in [4.78, 5) is 8.99. The number of nitrogens with zero attached hydrogens (tertiary/aromatic N) is 6. The van der Waals surface area contributed by atoms with E-state index in [0.29, 0.717) is 21.5 Å². The predicted octanol–water partition coefficient (Wildman–Crippen LogP) is 2.96. The van der Waals surface area contributed by atoms with Gasteiger partial charge in [0.05, 0.1) is 6.20 Å². The summed E-state index contributed by atoms with van der Waals surface area (Å²) in [7, 11) is 0. The smallest absolute Gasteiger partial charge is 0.235 e. The summed E-state index contributed by atoms with van der Waals surface area (Å²) in [6.45, 7) is 0. The van der Waals surface area contributed by atoms with Crippen molar-refractivity contribution in [3.05, 3.63) is 47.9 Å². The van der Waals surface area contributed by atoms with Gasteiger partial charge < -0.3 is 0 Å². The molecule has 0 spiro atoms. The molecule has 4 rings (SSSR count). The SMILES string of the molecule is Clc1cccc(-c2nnc3sc(-c4cnccn4)nn23)c1. The van der Waals surface area contributed by atoms with Gasteiger partial charge in [0.1, 0.15) is 5.69 Å². The van der Waals surface area contributed by atoms with Gasteiger partial charge in [0.25, 0.3) is 0 Å². The van der Waals surface area contributed by atoms with E-state index in [9.17, 15) is 0 Å². The first-order chi connectivity index (χ1) is 10.3. The third kappa shape index (κ3) is 2.16. The second-order valence-corrected chi connectivity index (χ2v) is 5.62. The van der Waals surface area contributed by atoms with E-state index in [2.05, 4.69) is 25.3 Å². The molecule has 21 heavy (non-hydrogen) atoms. The van der Waals surface area contributed by atoms with Crippen LogP contribution in [-0.2, 0) is 0 Å². The molecular formula is C13H7ClN6S. The number of rotatable bonds is 2. The highest BCUT2D eigenvalue weighted by Crippen LogP contribution is 2.27. The summed E-state index contributed by atoms with van der Waals surface area (Å²) >= 11 is 7.43. The number of halogens is 1. The zero-order valence-corrected chi connectivity index (χ0v) is 12.1. The van der Waals surface area contributed by atoms with Crippen LogP contribution < -0.4 is 0 Å². The summed E-state index contributed by atoms with van der Waals surface area (Å²) in [5.74, 6) is 0.652. The minimum atomic E-state index is 0.647. The topological polar surface area (TPSA) is 68.9 Å². The van der Waals surface area contributed by atoms with E-state index < -0.39 is 0 Å². The molecule has 0 radical (unpaired) electrons. The van der Waals surface area contributed by atoms with Gasteiger partial charge in [-0.3, -0.25) is 9.97 Å². The fourth-order valence-corrected chi connectivity index (χ4v) is 2.93. The lowest BCUT2D eigenvalue weighted by Gasteiger charge is -1.97. The second kappa shape index (κ2) is 4.87. The van der Waals surface area contributed by atoms with Gasteiger partial charge in [0.2, 0.25) is 4.96 Å². The lowest BCUT2D eigenvalue weighted by Crippen LogP contribution is -1.91. The van der Waals surface area contributed by atoms with Crippen molar-refractivity contribution in [2.75, 3.05) is 0 Å². The Morgan fingerprint density at radius 2 is 2.10 bits per heavy atom. The van der Waals surface area contributed by atoms with Gasteiger partial charge in [0, 0.05) is 23.0 Å². The first kappa shape index (κ1) is 12.4. The van der Waals surface area contributed by atoms with Crippen LogP contribution in [0.3, 0.4) is 0 Å². The van der Waals surface area contributed by atoms with Crippen LogP contribution in [0.15, 0.2) is 42.9 Å². The normalized spacial score (nSPS) is 11.1. The number of fused-ring (bicyclic) bond motifs is 1. The monoisotopic (exact) mass is 314 g/mol. The first-order valence-electron chi connectivity index (χ1n) is 6.06. The highest BCUT2D eigenvalue weighted by Gasteiger charge is 2.15. The van der Waals surface area contributed by atoms with Crippen molar-refractivity contribution < 1.29 is 0 Å². The molecule has 1 aromatic carbocycles. The highest BCUT2D eigenvalue weighted by molar-refractivity contribution is 7.19. The molecule has 0 N–H and O–H groups in total. The Morgan fingerprint density at radius 3 is 2.90 bits per heavy atom. The third-order valence-corrected chi connectivity index (χ3v) is 4.01. The molecular weight excluding hydrogens is 308 g/mol. The van der Waals surface area contributed by atoms with Gasteiger partial charge in [-0.25, -0.2) is 0 Å². The number of benzene rings is 1. The zero-order chi connectivity index (χ0) is 14.2. The maximum absolute atomic E-state index is 6.02. The molecule has 0 unspecified atom stereocenters. The third-order valence-electron chi connectivity index (χ3n) is 2.86. The van der Waals surface area contributed by atoms with E-state index in [1.807, 2.05) is 24.3 Å². The van der Waals surface area contributed by atoms with Gasteiger partial charge in [-0.15, -0.1) is 10.2 Å². The molecule has 0 aliphatic carbocycles. The molecule has 0 atom stereocenters. The van der Waals surface area contributed by atoms with Crippen LogP contribution in [0.2, 0.25) is 5.02 Å². The Balaban J connectivity index is 1.87. The fourth-order valence-electron chi connectivity index (χ4n) is 1.94. The molecule has 0 fully saturated rings. The summed E-state index contributed by atoms with van der Waals surface area (Å²) in [5.41, 5.74) is 1.58. The Hall–Kier alpha value is -2.38. The Bertz CT molecular complexity index is 917. The fraction of sp³-hybridized carbons (Fsp3) is 0. The highest BCUT2D eigenvalue weighted by atomic mass is 35.5. The van der Waals surface area contributed by atoms with Crippen molar-refractivity contribution in [1.29, 1.82) is 0 Å². The van der Waals surface area contributed by atoms with Crippen LogP contribution in [0.4, 0.5) is 0 Å². The van der Waals surface area contributed by atoms with Crippen molar-refractivity contribution in [3.63, 3.8) is 0 Å². The van der Waals surface area contributed by atoms with Crippen LogP contribution >= 0.6 is 22.9 Å². The van der Waals surface area contributed by atoms with Crippen molar-refractivity contribution in [3.8, 4) is 22.1 Å². The number of aromatic nitrogens is 6. The molecule has 4 aromatic rings. The maximum atomic E-state index is 6.02. The van der Waals surface area contributed by atoms with Gasteiger partial charge in [-0.2, -0.15) is 9.61 Å². The molecule has 6 nitrogen and oxygen atoms in total. The standard InChI is InChI=1S/C13H7ClN6S/c14-9-3-1-2-8(6-9)11-17-18-13-20(11)19-12(21-13)10-7-15-4-5-16-10/h1-7H. The summed E-state index contributed by atoms with van der Waals surface area (Å²) in [5, 5.41) is 14.2. The van der Waals surface area contributed by atoms with Crippen LogP contribution in [0.5, 0.6) is 0 Å². The quantitative estimate of drug-likeness (QED) is 0.569. The largest absolute Gasteiger partial charge is 0.261 e. The average molecular weight is 315 g/mol. The molecule has 102 valence electrons. The van der Waals surface area contributed by atoms with Gasteiger partial charge >= 0.3 is 0 Å².